The highest BCUT2D eigenvalue weighted by Crippen LogP contribution is 2.23. The minimum atomic E-state index is -0.895. The van der Waals surface area contributed by atoms with Crippen LogP contribution in [0.5, 0.6) is 0 Å². The molecule has 0 aliphatic heterocycles. The normalized spacial score (nSPS) is 11.4. The number of oxime groups is 1. The van der Waals surface area contributed by atoms with Crippen molar-refractivity contribution in [1.82, 2.24) is 0 Å². The number of rotatable bonds is 5. The molecule has 1 aromatic carbocycles. The van der Waals surface area contributed by atoms with Gasteiger partial charge in [0.2, 0.25) is 0 Å². The van der Waals surface area contributed by atoms with Crippen LogP contribution in [0.4, 0.5) is 0 Å². The van der Waals surface area contributed by atoms with Crippen molar-refractivity contribution >= 4 is 34.9 Å². The van der Waals surface area contributed by atoms with Gasteiger partial charge in [-0.1, -0.05) is 34.4 Å². The molecule has 4 nitrogen and oxygen atoms in total. The molecule has 92 valence electrons. The Balaban J connectivity index is 2.93. The van der Waals surface area contributed by atoms with Gasteiger partial charge in [0.15, 0.2) is 0 Å². The summed E-state index contributed by atoms with van der Waals surface area (Å²) in [4.78, 5) is 15.2. The van der Waals surface area contributed by atoms with Gasteiger partial charge in [-0.25, -0.2) is 0 Å². The first-order valence-corrected chi connectivity index (χ1v) is 5.57. The molecule has 17 heavy (non-hydrogen) atoms. The number of carbonyl (C=O) groups is 1. The number of nitrogens with zero attached hydrogens (tertiary/aromatic N) is 1. The van der Waals surface area contributed by atoms with Crippen LogP contribution in [-0.4, -0.2) is 23.9 Å². The van der Waals surface area contributed by atoms with E-state index in [1.54, 1.807) is 18.2 Å². The summed E-state index contributed by atoms with van der Waals surface area (Å²) in [6, 6.07) is 4.97. The molecule has 0 saturated carbocycles. The van der Waals surface area contributed by atoms with Gasteiger partial charge >= 0.3 is 5.97 Å². The zero-order chi connectivity index (χ0) is 12.8. The minimum absolute atomic E-state index is 0.0254. The van der Waals surface area contributed by atoms with Gasteiger partial charge in [0.05, 0.1) is 22.2 Å². The van der Waals surface area contributed by atoms with Crippen LogP contribution in [0.25, 0.3) is 0 Å². The lowest BCUT2D eigenvalue weighted by atomic mass is 10.1. The highest BCUT2D eigenvalue weighted by atomic mass is 35.5. The van der Waals surface area contributed by atoms with Crippen molar-refractivity contribution in [3.8, 4) is 0 Å². The highest BCUT2D eigenvalue weighted by Gasteiger charge is 2.09. The van der Waals surface area contributed by atoms with Crippen molar-refractivity contribution in [2.45, 2.75) is 12.8 Å². The van der Waals surface area contributed by atoms with Crippen LogP contribution in [-0.2, 0) is 9.63 Å². The standard InChI is InChI=1S/C11H11Cl2NO3/c1-17-14-10(4-5-11(15)16)7-2-3-8(12)9(13)6-7/h2-3,6H,4-5H2,1H3,(H,15,16)/b14-10+. The second kappa shape index (κ2) is 6.47. The Bertz CT molecular complexity index is 446. The molecule has 0 saturated heterocycles. The number of benzene rings is 1. The maximum Gasteiger partial charge on any atom is 0.303 e. The van der Waals surface area contributed by atoms with Gasteiger partial charge in [0.1, 0.15) is 7.11 Å². The topological polar surface area (TPSA) is 58.9 Å². The number of hydrogen-bond acceptors (Lipinski definition) is 3. The molecule has 0 aliphatic rings. The molecule has 6 heteroatoms. The molecule has 0 heterocycles. The third-order valence-corrected chi connectivity index (χ3v) is 2.77. The molecule has 0 aromatic heterocycles. The Morgan fingerprint density at radius 2 is 2.06 bits per heavy atom. The summed E-state index contributed by atoms with van der Waals surface area (Å²) in [5, 5.41) is 13.2. The molecule has 0 fully saturated rings. The SMILES string of the molecule is CO/N=C(\CCC(=O)O)c1ccc(Cl)c(Cl)c1. The molecule has 0 unspecified atom stereocenters. The van der Waals surface area contributed by atoms with Crippen LogP contribution in [0.3, 0.4) is 0 Å². The zero-order valence-electron chi connectivity index (χ0n) is 9.11. The third-order valence-electron chi connectivity index (χ3n) is 2.03. The summed E-state index contributed by atoms with van der Waals surface area (Å²) in [5.41, 5.74) is 1.22. The molecule has 0 atom stereocenters. The molecular formula is C11H11Cl2NO3. The smallest absolute Gasteiger partial charge is 0.303 e. The lowest BCUT2D eigenvalue weighted by Gasteiger charge is -2.05. The predicted octanol–water partition coefficient (Wildman–Crippen LogP) is 3.21. The highest BCUT2D eigenvalue weighted by molar-refractivity contribution is 6.42. The first-order chi connectivity index (χ1) is 8.04. The summed E-state index contributed by atoms with van der Waals surface area (Å²) >= 11 is 11.7. The summed E-state index contributed by atoms with van der Waals surface area (Å²) in [5.74, 6) is -0.895. The second-order valence-corrected chi connectivity index (χ2v) is 4.06. The average Bonchev–Trinajstić information content (AvgIpc) is 2.28. The fraction of sp³-hybridized carbons (Fsp3) is 0.273. The monoisotopic (exact) mass is 275 g/mol. The van der Waals surface area contributed by atoms with E-state index in [2.05, 4.69) is 9.99 Å². The molecule has 1 N–H and O–H groups in total. The first-order valence-electron chi connectivity index (χ1n) is 4.82. The van der Waals surface area contributed by atoms with Crippen molar-refractivity contribution in [2.75, 3.05) is 7.11 Å². The van der Waals surface area contributed by atoms with Gasteiger partial charge in [-0.15, -0.1) is 0 Å². The van der Waals surface area contributed by atoms with E-state index in [1.807, 2.05) is 0 Å². The van der Waals surface area contributed by atoms with E-state index in [0.717, 1.165) is 0 Å². The van der Waals surface area contributed by atoms with E-state index < -0.39 is 5.97 Å². The largest absolute Gasteiger partial charge is 0.481 e. The Labute approximate surface area is 109 Å². The van der Waals surface area contributed by atoms with Crippen LogP contribution in [0.15, 0.2) is 23.4 Å². The molecule has 0 spiro atoms. The molecule has 1 rings (SSSR count). The molecule has 1 aromatic rings. The van der Waals surface area contributed by atoms with Gasteiger partial charge in [-0.3, -0.25) is 4.79 Å². The van der Waals surface area contributed by atoms with E-state index in [9.17, 15) is 4.79 Å². The number of halogens is 2. The van der Waals surface area contributed by atoms with Crippen LogP contribution in [0.1, 0.15) is 18.4 Å². The lowest BCUT2D eigenvalue weighted by molar-refractivity contribution is -0.136. The fourth-order valence-corrected chi connectivity index (χ4v) is 1.55. The fourth-order valence-electron chi connectivity index (χ4n) is 1.25. The summed E-state index contributed by atoms with van der Waals surface area (Å²) in [6.07, 6.45) is 0.240. The summed E-state index contributed by atoms with van der Waals surface area (Å²) in [6.45, 7) is 0. The molecule has 0 bridgehead atoms. The Hall–Kier alpha value is -1.26. The average molecular weight is 276 g/mol. The molecular weight excluding hydrogens is 265 g/mol. The zero-order valence-corrected chi connectivity index (χ0v) is 10.6. The summed E-state index contributed by atoms with van der Waals surface area (Å²) in [7, 11) is 1.40. The molecule has 0 radical (unpaired) electrons. The van der Waals surface area contributed by atoms with Crippen LogP contribution < -0.4 is 0 Å². The van der Waals surface area contributed by atoms with Gasteiger partial charge < -0.3 is 9.94 Å². The van der Waals surface area contributed by atoms with E-state index in [-0.39, 0.29) is 12.8 Å². The Morgan fingerprint density at radius 1 is 1.35 bits per heavy atom. The van der Waals surface area contributed by atoms with E-state index in [4.69, 9.17) is 28.3 Å². The van der Waals surface area contributed by atoms with Crippen molar-refractivity contribution in [2.24, 2.45) is 5.16 Å². The van der Waals surface area contributed by atoms with Crippen molar-refractivity contribution in [3.05, 3.63) is 33.8 Å². The van der Waals surface area contributed by atoms with Crippen molar-refractivity contribution in [3.63, 3.8) is 0 Å². The minimum Gasteiger partial charge on any atom is -0.481 e. The molecule has 0 amide bonds. The van der Waals surface area contributed by atoms with Gasteiger partial charge in [0, 0.05) is 12.0 Å². The van der Waals surface area contributed by atoms with E-state index in [0.29, 0.717) is 21.3 Å². The third kappa shape index (κ3) is 4.24. The predicted molar refractivity (Wildman–Crippen MR) is 66.9 cm³/mol. The maximum absolute atomic E-state index is 10.5. The van der Waals surface area contributed by atoms with Gasteiger partial charge in [0.25, 0.3) is 0 Å². The molecule has 0 aliphatic carbocycles. The lowest BCUT2D eigenvalue weighted by Crippen LogP contribution is -2.06. The number of hydrogen-bond donors (Lipinski definition) is 1. The summed E-state index contributed by atoms with van der Waals surface area (Å²) < 4.78 is 0. The van der Waals surface area contributed by atoms with Crippen LogP contribution in [0.2, 0.25) is 10.0 Å². The van der Waals surface area contributed by atoms with E-state index in [1.165, 1.54) is 7.11 Å². The number of aliphatic carboxylic acids is 1. The van der Waals surface area contributed by atoms with Crippen molar-refractivity contribution in [1.29, 1.82) is 0 Å². The van der Waals surface area contributed by atoms with Crippen LogP contribution >= 0.6 is 23.2 Å². The van der Waals surface area contributed by atoms with E-state index >= 15 is 0 Å². The van der Waals surface area contributed by atoms with Gasteiger partial charge in [-0.05, 0) is 12.1 Å². The maximum atomic E-state index is 10.5. The number of carboxylic acid groups (broad SMARTS) is 1. The Morgan fingerprint density at radius 3 is 2.59 bits per heavy atom. The quantitative estimate of drug-likeness (QED) is 0.663. The second-order valence-electron chi connectivity index (χ2n) is 3.24. The van der Waals surface area contributed by atoms with Crippen LogP contribution in [0, 0.1) is 0 Å². The van der Waals surface area contributed by atoms with Gasteiger partial charge in [-0.2, -0.15) is 0 Å². The Kier molecular flexibility index (Phi) is 5.25. The first kappa shape index (κ1) is 13.8. The number of carboxylic acids is 1. The van der Waals surface area contributed by atoms with Crippen molar-refractivity contribution < 1.29 is 14.7 Å².